The molecule has 0 amide bonds. The lowest BCUT2D eigenvalue weighted by Gasteiger charge is -2.08. The van der Waals surface area contributed by atoms with Crippen molar-refractivity contribution in [1.29, 1.82) is 0 Å². The first kappa shape index (κ1) is 11.5. The summed E-state index contributed by atoms with van der Waals surface area (Å²) in [6.07, 6.45) is 1.66. The van der Waals surface area contributed by atoms with Crippen LogP contribution in [0.1, 0.15) is 11.1 Å². The van der Waals surface area contributed by atoms with Crippen molar-refractivity contribution in [3.8, 4) is 0 Å². The molecule has 0 aliphatic rings. The standard InChI is InChI=1S/C13H13FN2O/c14-12-4-2-1-3-11(12)9-16-8-10(7-15)5-6-13(16)17/h1-6,8H,7,9,15H2. The Labute approximate surface area is 98.3 Å². The second-order valence-corrected chi connectivity index (χ2v) is 3.80. The maximum absolute atomic E-state index is 13.4. The summed E-state index contributed by atoms with van der Waals surface area (Å²) in [7, 11) is 0. The number of hydrogen-bond donors (Lipinski definition) is 1. The Bertz CT molecular complexity index is 578. The van der Waals surface area contributed by atoms with Crippen LogP contribution < -0.4 is 11.3 Å². The van der Waals surface area contributed by atoms with Crippen LogP contribution in [0.25, 0.3) is 0 Å². The lowest BCUT2D eigenvalue weighted by atomic mass is 10.2. The first-order valence-electron chi connectivity index (χ1n) is 5.33. The van der Waals surface area contributed by atoms with Crippen molar-refractivity contribution in [1.82, 2.24) is 4.57 Å². The molecule has 2 N–H and O–H groups in total. The van der Waals surface area contributed by atoms with Gasteiger partial charge in [-0.05, 0) is 11.6 Å². The summed E-state index contributed by atoms with van der Waals surface area (Å²) in [6, 6.07) is 9.54. The monoisotopic (exact) mass is 232 g/mol. The molecule has 0 aliphatic carbocycles. The molecule has 1 heterocycles. The van der Waals surface area contributed by atoms with Gasteiger partial charge < -0.3 is 10.3 Å². The molecule has 0 fully saturated rings. The number of aromatic nitrogens is 1. The predicted octanol–water partition coefficient (Wildman–Crippen LogP) is 1.49. The molecule has 0 aliphatic heterocycles. The van der Waals surface area contributed by atoms with Crippen LogP contribution >= 0.6 is 0 Å². The van der Waals surface area contributed by atoms with Crippen molar-refractivity contribution in [2.75, 3.05) is 0 Å². The zero-order valence-corrected chi connectivity index (χ0v) is 9.27. The minimum atomic E-state index is -0.308. The molecule has 0 unspecified atom stereocenters. The van der Waals surface area contributed by atoms with E-state index in [1.54, 1.807) is 30.5 Å². The third-order valence-electron chi connectivity index (χ3n) is 2.58. The minimum Gasteiger partial charge on any atom is -0.326 e. The topological polar surface area (TPSA) is 48.0 Å². The second-order valence-electron chi connectivity index (χ2n) is 3.80. The molecule has 0 atom stereocenters. The lowest BCUT2D eigenvalue weighted by Crippen LogP contribution is -2.20. The van der Waals surface area contributed by atoms with Gasteiger partial charge in [0.1, 0.15) is 5.82 Å². The Morgan fingerprint density at radius 3 is 2.65 bits per heavy atom. The first-order chi connectivity index (χ1) is 8.20. The molecule has 0 bridgehead atoms. The summed E-state index contributed by atoms with van der Waals surface area (Å²) in [5.41, 5.74) is 6.68. The van der Waals surface area contributed by atoms with Gasteiger partial charge in [-0.15, -0.1) is 0 Å². The number of benzene rings is 1. The van der Waals surface area contributed by atoms with E-state index in [9.17, 15) is 9.18 Å². The predicted molar refractivity (Wildman–Crippen MR) is 64.1 cm³/mol. The Morgan fingerprint density at radius 1 is 1.18 bits per heavy atom. The van der Waals surface area contributed by atoms with Gasteiger partial charge in [-0.3, -0.25) is 4.79 Å². The average molecular weight is 232 g/mol. The molecule has 3 nitrogen and oxygen atoms in total. The number of nitrogens with zero attached hydrogens (tertiary/aromatic N) is 1. The number of nitrogens with two attached hydrogens (primary N) is 1. The van der Waals surface area contributed by atoms with Crippen molar-refractivity contribution in [2.24, 2.45) is 5.73 Å². The largest absolute Gasteiger partial charge is 0.326 e. The van der Waals surface area contributed by atoms with E-state index >= 15 is 0 Å². The lowest BCUT2D eigenvalue weighted by molar-refractivity contribution is 0.595. The molecule has 0 saturated heterocycles. The molecule has 2 rings (SSSR count). The van der Waals surface area contributed by atoms with Gasteiger partial charge in [0.2, 0.25) is 0 Å². The van der Waals surface area contributed by atoms with Crippen molar-refractivity contribution in [3.05, 3.63) is 69.9 Å². The highest BCUT2D eigenvalue weighted by Crippen LogP contribution is 2.07. The average Bonchev–Trinajstić information content (AvgIpc) is 2.35. The molecule has 1 aromatic carbocycles. The van der Waals surface area contributed by atoms with Crippen LogP contribution in [0.2, 0.25) is 0 Å². The van der Waals surface area contributed by atoms with E-state index < -0.39 is 0 Å². The van der Waals surface area contributed by atoms with Gasteiger partial charge >= 0.3 is 0 Å². The Morgan fingerprint density at radius 2 is 1.94 bits per heavy atom. The zero-order chi connectivity index (χ0) is 12.3. The highest BCUT2D eigenvalue weighted by atomic mass is 19.1. The maximum atomic E-state index is 13.4. The Balaban J connectivity index is 2.36. The maximum Gasteiger partial charge on any atom is 0.250 e. The molecule has 17 heavy (non-hydrogen) atoms. The highest BCUT2D eigenvalue weighted by molar-refractivity contribution is 5.19. The summed E-state index contributed by atoms with van der Waals surface area (Å²) in [5, 5.41) is 0. The summed E-state index contributed by atoms with van der Waals surface area (Å²) in [4.78, 5) is 11.6. The molecule has 4 heteroatoms. The van der Waals surface area contributed by atoms with Gasteiger partial charge in [-0.2, -0.15) is 0 Å². The normalized spacial score (nSPS) is 10.5. The van der Waals surface area contributed by atoms with Crippen molar-refractivity contribution >= 4 is 0 Å². The third kappa shape index (κ3) is 2.60. The van der Waals surface area contributed by atoms with E-state index in [0.717, 1.165) is 5.56 Å². The smallest absolute Gasteiger partial charge is 0.250 e. The summed E-state index contributed by atoms with van der Waals surface area (Å²) < 4.78 is 14.9. The molecule has 0 saturated carbocycles. The van der Waals surface area contributed by atoms with E-state index in [4.69, 9.17) is 5.73 Å². The zero-order valence-electron chi connectivity index (χ0n) is 9.27. The van der Waals surface area contributed by atoms with Gasteiger partial charge in [0.25, 0.3) is 5.56 Å². The van der Waals surface area contributed by atoms with Gasteiger partial charge in [-0.1, -0.05) is 24.3 Å². The fourth-order valence-electron chi connectivity index (χ4n) is 1.64. The van der Waals surface area contributed by atoms with Gasteiger partial charge in [-0.25, -0.2) is 4.39 Å². The van der Waals surface area contributed by atoms with Gasteiger partial charge in [0, 0.05) is 24.4 Å². The fourth-order valence-corrected chi connectivity index (χ4v) is 1.64. The number of rotatable bonds is 3. The first-order valence-corrected chi connectivity index (χ1v) is 5.33. The fraction of sp³-hybridized carbons (Fsp3) is 0.154. The van der Waals surface area contributed by atoms with E-state index in [0.29, 0.717) is 12.1 Å². The van der Waals surface area contributed by atoms with E-state index in [2.05, 4.69) is 0 Å². The molecule has 0 spiro atoms. The molecular weight excluding hydrogens is 219 g/mol. The minimum absolute atomic E-state index is 0.162. The summed E-state index contributed by atoms with van der Waals surface area (Å²) in [5.74, 6) is -0.308. The van der Waals surface area contributed by atoms with Crippen LogP contribution in [0.15, 0.2) is 47.4 Å². The quantitative estimate of drug-likeness (QED) is 0.871. The van der Waals surface area contributed by atoms with Crippen LogP contribution in [0.4, 0.5) is 4.39 Å². The Hall–Kier alpha value is -1.94. The summed E-state index contributed by atoms with van der Waals surface area (Å²) >= 11 is 0. The van der Waals surface area contributed by atoms with Crippen molar-refractivity contribution < 1.29 is 4.39 Å². The molecule has 0 radical (unpaired) electrons. The summed E-state index contributed by atoms with van der Waals surface area (Å²) in [6.45, 7) is 0.580. The van der Waals surface area contributed by atoms with E-state index in [1.807, 2.05) is 0 Å². The molecule has 88 valence electrons. The van der Waals surface area contributed by atoms with Gasteiger partial charge in [0.15, 0.2) is 0 Å². The molecular formula is C13H13FN2O. The van der Waals surface area contributed by atoms with Crippen LogP contribution in [0.3, 0.4) is 0 Å². The van der Waals surface area contributed by atoms with Crippen LogP contribution in [0, 0.1) is 5.82 Å². The van der Waals surface area contributed by atoms with Crippen molar-refractivity contribution in [3.63, 3.8) is 0 Å². The number of hydrogen-bond acceptors (Lipinski definition) is 2. The van der Waals surface area contributed by atoms with Crippen LogP contribution in [-0.4, -0.2) is 4.57 Å². The number of halogens is 1. The van der Waals surface area contributed by atoms with Crippen molar-refractivity contribution in [2.45, 2.75) is 13.1 Å². The third-order valence-corrected chi connectivity index (χ3v) is 2.58. The highest BCUT2D eigenvalue weighted by Gasteiger charge is 2.03. The van der Waals surface area contributed by atoms with E-state index in [1.165, 1.54) is 16.7 Å². The SMILES string of the molecule is NCc1ccc(=O)n(Cc2ccccc2F)c1. The van der Waals surface area contributed by atoms with Gasteiger partial charge in [0.05, 0.1) is 6.54 Å². The Kier molecular flexibility index (Phi) is 3.35. The second kappa shape index (κ2) is 4.93. The molecule has 1 aromatic heterocycles. The number of pyridine rings is 1. The van der Waals surface area contributed by atoms with Crippen LogP contribution in [-0.2, 0) is 13.1 Å². The van der Waals surface area contributed by atoms with Crippen LogP contribution in [0.5, 0.6) is 0 Å². The van der Waals surface area contributed by atoms with E-state index in [-0.39, 0.29) is 17.9 Å². The molecule has 2 aromatic rings.